The molecule has 5 nitrogen and oxygen atoms in total. The molecule has 1 aromatic carbocycles. The van der Waals surface area contributed by atoms with E-state index in [2.05, 4.69) is 0 Å². The molecular formula is C12H14N2O3S. The van der Waals surface area contributed by atoms with Crippen LogP contribution < -0.4 is 0 Å². The van der Waals surface area contributed by atoms with Gasteiger partial charge >= 0.3 is 0 Å². The highest BCUT2D eigenvalue weighted by Gasteiger charge is 2.14. The Morgan fingerprint density at radius 1 is 1.33 bits per heavy atom. The van der Waals surface area contributed by atoms with E-state index < -0.39 is 9.84 Å². The normalized spacial score (nSPS) is 10.7. The Balaban J connectivity index is 2.99. The van der Waals surface area contributed by atoms with Gasteiger partial charge < -0.3 is 4.90 Å². The number of nitriles is 1. The third kappa shape index (κ3) is 3.31. The van der Waals surface area contributed by atoms with Crippen LogP contribution in [0.2, 0.25) is 0 Å². The summed E-state index contributed by atoms with van der Waals surface area (Å²) in [7, 11) is -3.26. The molecule has 1 aromatic rings. The monoisotopic (exact) mass is 266 g/mol. The molecule has 0 fully saturated rings. The smallest absolute Gasteiger partial charge is 0.254 e. The molecule has 6 heteroatoms. The van der Waals surface area contributed by atoms with Gasteiger partial charge in [0.2, 0.25) is 0 Å². The minimum Gasteiger partial charge on any atom is -0.326 e. The van der Waals surface area contributed by atoms with Gasteiger partial charge in [0.05, 0.1) is 11.0 Å². The first-order valence-corrected chi connectivity index (χ1v) is 7.25. The molecule has 96 valence electrons. The van der Waals surface area contributed by atoms with Crippen LogP contribution in [0.25, 0.3) is 0 Å². The van der Waals surface area contributed by atoms with Crippen LogP contribution in [0.15, 0.2) is 29.2 Å². The van der Waals surface area contributed by atoms with Crippen LogP contribution in [0.5, 0.6) is 0 Å². The second-order valence-corrected chi connectivity index (χ2v) is 5.79. The molecule has 0 spiro atoms. The standard InChI is InChI=1S/C12H14N2O3S/c1-3-14(9-8-13)12(15)10-4-6-11(7-5-10)18(2,16)17/h4-7H,3,9H2,1-2H3. The Labute approximate surface area is 107 Å². The maximum atomic E-state index is 12.0. The first-order chi connectivity index (χ1) is 8.40. The lowest BCUT2D eigenvalue weighted by Crippen LogP contribution is -2.31. The van der Waals surface area contributed by atoms with Crippen LogP contribution in [0, 0.1) is 11.3 Å². The van der Waals surface area contributed by atoms with E-state index in [-0.39, 0.29) is 17.3 Å². The molecule has 0 bridgehead atoms. The van der Waals surface area contributed by atoms with E-state index in [1.54, 1.807) is 6.92 Å². The average molecular weight is 266 g/mol. The number of hydrogen-bond donors (Lipinski definition) is 0. The van der Waals surface area contributed by atoms with E-state index in [0.717, 1.165) is 6.26 Å². The van der Waals surface area contributed by atoms with Crippen LogP contribution in [-0.2, 0) is 9.84 Å². The fourth-order valence-electron chi connectivity index (χ4n) is 1.44. The van der Waals surface area contributed by atoms with E-state index >= 15 is 0 Å². The maximum Gasteiger partial charge on any atom is 0.254 e. The summed E-state index contributed by atoms with van der Waals surface area (Å²) in [5.41, 5.74) is 0.375. The molecule has 0 aliphatic heterocycles. The van der Waals surface area contributed by atoms with E-state index in [1.807, 2.05) is 6.07 Å². The van der Waals surface area contributed by atoms with E-state index in [1.165, 1.54) is 29.2 Å². The number of sulfone groups is 1. The first kappa shape index (κ1) is 14.2. The molecule has 18 heavy (non-hydrogen) atoms. The van der Waals surface area contributed by atoms with Crippen molar-refractivity contribution in [2.75, 3.05) is 19.3 Å². The zero-order chi connectivity index (χ0) is 13.8. The number of carbonyl (C=O) groups is 1. The number of carbonyl (C=O) groups excluding carboxylic acids is 1. The van der Waals surface area contributed by atoms with Gasteiger partial charge in [0.15, 0.2) is 9.84 Å². The number of rotatable bonds is 4. The van der Waals surface area contributed by atoms with Crippen LogP contribution >= 0.6 is 0 Å². The molecule has 1 rings (SSSR count). The fraction of sp³-hybridized carbons (Fsp3) is 0.333. The average Bonchev–Trinajstić information content (AvgIpc) is 2.34. The molecule has 0 unspecified atom stereocenters. The first-order valence-electron chi connectivity index (χ1n) is 5.36. The third-order valence-corrected chi connectivity index (χ3v) is 3.59. The summed E-state index contributed by atoms with van der Waals surface area (Å²) in [5, 5.41) is 8.59. The van der Waals surface area contributed by atoms with E-state index in [4.69, 9.17) is 5.26 Å². The highest BCUT2D eigenvalue weighted by molar-refractivity contribution is 7.90. The Morgan fingerprint density at radius 2 is 1.89 bits per heavy atom. The topological polar surface area (TPSA) is 78.2 Å². The van der Waals surface area contributed by atoms with Crippen LogP contribution in [0.4, 0.5) is 0 Å². The van der Waals surface area contributed by atoms with Crippen molar-refractivity contribution in [2.24, 2.45) is 0 Å². The molecule has 0 aliphatic carbocycles. The summed E-state index contributed by atoms with van der Waals surface area (Å²) in [6, 6.07) is 7.61. The minimum atomic E-state index is -3.26. The zero-order valence-corrected chi connectivity index (χ0v) is 11.1. The lowest BCUT2D eigenvalue weighted by Gasteiger charge is -2.17. The van der Waals surface area contributed by atoms with Crippen molar-refractivity contribution in [1.82, 2.24) is 4.90 Å². The lowest BCUT2D eigenvalue weighted by atomic mass is 10.2. The zero-order valence-electron chi connectivity index (χ0n) is 10.3. The van der Waals surface area contributed by atoms with Crippen molar-refractivity contribution in [3.05, 3.63) is 29.8 Å². The van der Waals surface area contributed by atoms with Gasteiger partial charge in [-0.15, -0.1) is 0 Å². The summed E-state index contributed by atoms with van der Waals surface area (Å²) in [6.45, 7) is 2.23. The van der Waals surface area contributed by atoms with E-state index in [0.29, 0.717) is 12.1 Å². The highest BCUT2D eigenvalue weighted by atomic mass is 32.2. The van der Waals surface area contributed by atoms with Crippen LogP contribution in [0.1, 0.15) is 17.3 Å². The predicted octanol–water partition coefficient (Wildman–Crippen LogP) is 1.08. The van der Waals surface area contributed by atoms with Gasteiger partial charge in [-0.1, -0.05) is 0 Å². The van der Waals surface area contributed by atoms with Crippen LogP contribution in [0.3, 0.4) is 0 Å². The largest absolute Gasteiger partial charge is 0.326 e. The highest BCUT2D eigenvalue weighted by Crippen LogP contribution is 2.12. The third-order valence-electron chi connectivity index (χ3n) is 2.46. The Hall–Kier alpha value is -1.87. The SMILES string of the molecule is CCN(CC#N)C(=O)c1ccc(S(C)(=O)=O)cc1. The van der Waals surface area contributed by atoms with Gasteiger partial charge in [0.1, 0.15) is 6.54 Å². The Morgan fingerprint density at radius 3 is 2.28 bits per heavy atom. The quantitative estimate of drug-likeness (QED) is 0.764. The van der Waals surface area contributed by atoms with Crippen molar-refractivity contribution >= 4 is 15.7 Å². The van der Waals surface area contributed by atoms with Crippen molar-refractivity contribution in [3.63, 3.8) is 0 Å². The second kappa shape index (κ2) is 5.65. The number of nitrogens with zero attached hydrogens (tertiary/aromatic N) is 2. The Bertz CT molecular complexity index is 570. The maximum absolute atomic E-state index is 12.0. The van der Waals surface area contributed by atoms with Crippen molar-refractivity contribution in [2.45, 2.75) is 11.8 Å². The van der Waals surface area contributed by atoms with Crippen LogP contribution in [-0.4, -0.2) is 38.6 Å². The van der Waals surface area contributed by atoms with Gasteiger partial charge in [-0.05, 0) is 31.2 Å². The van der Waals surface area contributed by atoms with Gasteiger partial charge in [-0.2, -0.15) is 5.26 Å². The Kier molecular flexibility index (Phi) is 4.45. The number of benzene rings is 1. The van der Waals surface area contributed by atoms with Gasteiger partial charge in [0.25, 0.3) is 5.91 Å². The predicted molar refractivity (Wildman–Crippen MR) is 66.7 cm³/mol. The number of amides is 1. The molecule has 0 atom stereocenters. The second-order valence-electron chi connectivity index (χ2n) is 3.77. The van der Waals surface area contributed by atoms with Crippen molar-refractivity contribution in [3.8, 4) is 6.07 Å². The van der Waals surface area contributed by atoms with Gasteiger partial charge in [-0.25, -0.2) is 8.42 Å². The molecule has 0 heterocycles. The summed E-state index contributed by atoms with van der Waals surface area (Å²) < 4.78 is 22.5. The van der Waals surface area contributed by atoms with Crippen molar-refractivity contribution < 1.29 is 13.2 Å². The molecule has 0 saturated heterocycles. The minimum absolute atomic E-state index is 0.0170. The van der Waals surface area contributed by atoms with Crippen molar-refractivity contribution in [1.29, 1.82) is 5.26 Å². The summed E-state index contributed by atoms with van der Waals surface area (Å²) >= 11 is 0. The lowest BCUT2D eigenvalue weighted by molar-refractivity contribution is 0.0784. The molecule has 0 saturated carbocycles. The summed E-state index contributed by atoms with van der Waals surface area (Å²) in [5.74, 6) is -0.279. The van der Waals surface area contributed by atoms with Gasteiger partial charge in [0, 0.05) is 18.4 Å². The molecule has 0 N–H and O–H groups in total. The molecule has 0 aliphatic rings. The molecular weight excluding hydrogens is 252 g/mol. The molecule has 1 amide bonds. The van der Waals surface area contributed by atoms with Gasteiger partial charge in [-0.3, -0.25) is 4.79 Å². The number of hydrogen-bond acceptors (Lipinski definition) is 4. The molecule has 0 aromatic heterocycles. The van der Waals surface area contributed by atoms with E-state index in [9.17, 15) is 13.2 Å². The fourth-order valence-corrected chi connectivity index (χ4v) is 2.07. The molecule has 0 radical (unpaired) electrons. The summed E-state index contributed by atoms with van der Waals surface area (Å²) in [4.78, 5) is 13.5. The summed E-state index contributed by atoms with van der Waals surface area (Å²) in [6.07, 6.45) is 1.11.